The van der Waals surface area contributed by atoms with Crippen LogP contribution in [0.1, 0.15) is 71.6 Å². The van der Waals surface area contributed by atoms with E-state index in [0.29, 0.717) is 10.8 Å². The van der Waals surface area contributed by atoms with Crippen molar-refractivity contribution in [1.29, 1.82) is 0 Å². The summed E-state index contributed by atoms with van der Waals surface area (Å²) in [5, 5.41) is 0. The summed E-state index contributed by atoms with van der Waals surface area (Å²) in [5.41, 5.74) is 1.26. The van der Waals surface area contributed by atoms with Gasteiger partial charge in [-0.05, 0) is 100 Å². The first kappa shape index (κ1) is 14.1. The zero-order valence-corrected chi connectivity index (χ0v) is 15.3. The van der Waals surface area contributed by atoms with Crippen molar-refractivity contribution in [3.63, 3.8) is 0 Å². The monoisotopic (exact) mass is 384 g/mol. The van der Waals surface area contributed by atoms with E-state index in [1.165, 1.54) is 44.9 Å². The summed E-state index contributed by atoms with van der Waals surface area (Å²) in [5.74, 6) is 4.13. The van der Waals surface area contributed by atoms with Crippen molar-refractivity contribution in [1.82, 2.24) is 0 Å². The first-order valence-electron chi connectivity index (χ1n) is 8.92. The van der Waals surface area contributed by atoms with Crippen molar-refractivity contribution in [3.05, 3.63) is 9.66 Å². The lowest BCUT2D eigenvalue weighted by Crippen LogP contribution is -2.52. The molecule has 6 atom stereocenters. The molecule has 4 rings (SSSR count). The van der Waals surface area contributed by atoms with Gasteiger partial charge in [0.05, 0.1) is 0 Å². The lowest BCUT2D eigenvalue weighted by atomic mass is 9.45. The fraction of sp³-hybridized carbons (Fsp3) is 0.895. The minimum atomic E-state index is 0.555. The predicted molar refractivity (Wildman–Crippen MR) is 93.8 cm³/mol. The van der Waals surface area contributed by atoms with Gasteiger partial charge in [-0.25, -0.2) is 0 Å². The molecule has 0 saturated heterocycles. The fourth-order valence-electron chi connectivity index (χ4n) is 6.81. The van der Waals surface area contributed by atoms with Crippen LogP contribution in [0.5, 0.6) is 0 Å². The van der Waals surface area contributed by atoms with E-state index in [9.17, 15) is 0 Å². The number of halogens is 1. The molecule has 0 aromatic heterocycles. The molecule has 0 aromatic carbocycles. The predicted octanol–water partition coefficient (Wildman–Crippen LogP) is 6.35. The molecule has 5 unspecified atom stereocenters. The van der Waals surface area contributed by atoms with Crippen molar-refractivity contribution in [2.45, 2.75) is 71.6 Å². The summed E-state index contributed by atoms with van der Waals surface area (Å²) in [6.07, 6.45) is 16.1. The second kappa shape index (κ2) is 4.73. The molecule has 0 aliphatic heterocycles. The molecule has 3 saturated carbocycles. The highest BCUT2D eigenvalue weighted by molar-refractivity contribution is 14.1. The van der Waals surface area contributed by atoms with Gasteiger partial charge in [-0.15, -0.1) is 0 Å². The summed E-state index contributed by atoms with van der Waals surface area (Å²) in [6.45, 7) is 5.26. The average molecular weight is 384 g/mol. The van der Waals surface area contributed by atoms with Crippen molar-refractivity contribution >= 4 is 22.6 Å². The molecule has 0 aromatic rings. The van der Waals surface area contributed by atoms with Crippen molar-refractivity contribution < 1.29 is 0 Å². The Bertz CT molecular complexity index is 439. The van der Waals surface area contributed by atoms with Crippen LogP contribution in [-0.2, 0) is 0 Å². The minimum absolute atomic E-state index is 0.555. The second-order valence-corrected chi connectivity index (χ2v) is 9.81. The summed E-state index contributed by atoms with van der Waals surface area (Å²) in [4.78, 5) is 0. The van der Waals surface area contributed by atoms with E-state index in [1.807, 2.05) is 0 Å². The van der Waals surface area contributed by atoms with E-state index < -0.39 is 0 Å². The SMILES string of the molecule is CC12CCC3C(CC[C@H]4CCCCC34C)C1CC=C2I. The zero-order valence-electron chi connectivity index (χ0n) is 13.1. The van der Waals surface area contributed by atoms with Crippen molar-refractivity contribution in [3.8, 4) is 0 Å². The number of hydrogen-bond acceptors (Lipinski definition) is 0. The molecule has 112 valence electrons. The lowest BCUT2D eigenvalue weighted by Gasteiger charge is -2.60. The topological polar surface area (TPSA) is 0 Å². The van der Waals surface area contributed by atoms with Crippen LogP contribution in [0.25, 0.3) is 0 Å². The first-order chi connectivity index (χ1) is 9.56. The van der Waals surface area contributed by atoms with E-state index in [-0.39, 0.29) is 0 Å². The smallest absolute Gasteiger partial charge is 0.00135 e. The summed E-state index contributed by atoms with van der Waals surface area (Å²) in [6, 6.07) is 0. The summed E-state index contributed by atoms with van der Waals surface area (Å²) >= 11 is 2.65. The Balaban J connectivity index is 1.65. The van der Waals surface area contributed by atoms with Crippen LogP contribution in [0.4, 0.5) is 0 Å². The highest BCUT2D eigenvalue weighted by Crippen LogP contribution is 2.66. The van der Waals surface area contributed by atoms with Gasteiger partial charge in [0, 0.05) is 5.41 Å². The maximum absolute atomic E-state index is 2.68. The molecule has 0 radical (unpaired) electrons. The van der Waals surface area contributed by atoms with Crippen LogP contribution in [0.15, 0.2) is 9.66 Å². The molecule has 0 amide bonds. The van der Waals surface area contributed by atoms with Gasteiger partial charge in [0.1, 0.15) is 0 Å². The van der Waals surface area contributed by atoms with Crippen LogP contribution in [0, 0.1) is 34.5 Å². The Kier molecular flexibility index (Phi) is 3.33. The highest BCUT2D eigenvalue weighted by atomic mass is 127. The minimum Gasteiger partial charge on any atom is -0.0743 e. The number of allylic oxidation sites excluding steroid dienone is 2. The molecular formula is C19H29I. The fourth-order valence-corrected chi connectivity index (χ4v) is 7.73. The lowest BCUT2D eigenvalue weighted by molar-refractivity contribution is -0.0972. The maximum atomic E-state index is 2.68. The van der Waals surface area contributed by atoms with Crippen LogP contribution >= 0.6 is 22.6 Å². The maximum Gasteiger partial charge on any atom is 0.00135 e. The molecule has 20 heavy (non-hydrogen) atoms. The Morgan fingerprint density at radius 2 is 1.85 bits per heavy atom. The second-order valence-electron chi connectivity index (χ2n) is 8.65. The standard InChI is InChI=1S/C19H29I/c1-18-11-4-3-5-13(18)6-7-14-15-8-9-17(20)19(15,2)12-10-16(14)18/h9,13-16H,3-8,10-12H2,1-2H3/t13-,14?,15?,16?,18?,19?/m1/s1. The Morgan fingerprint density at radius 3 is 2.70 bits per heavy atom. The summed E-state index contributed by atoms with van der Waals surface area (Å²) in [7, 11) is 0. The van der Waals surface area contributed by atoms with Crippen LogP contribution in [0.2, 0.25) is 0 Å². The largest absolute Gasteiger partial charge is 0.0743 e. The molecule has 0 N–H and O–H groups in total. The van der Waals surface area contributed by atoms with Gasteiger partial charge in [0.2, 0.25) is 0 Å². The van der Waals surface area contributed by atoms with Crippen LogP contribution in [-0.4, -0.2) is 0 Å². The third-order valence-corrected chi connectivity index (χ3v) is 9.74. The molecule has 4 aliphatic rings. The number of fused-ring (bicyclic) bond motifs is 5. The van der Waals surface area contributed by atoms with Gasteiger partial charge >= 0.3 is 0 Å². The van der Waals surface area contributed by atoms with Crippen molar-refractivity contribution in [2.24, 2.45) is 34.5 Å². The quantitative estimate of drug-likeness (QED) is 0.427. The normalized spacial score (nSPS) is 54.6. The molecule has 0 heterocycles. The molecule has 0 spiro atoms. The van der Waals surface area contributed by atoms with Gasteiger partial charge in [0.25, 0.3) is 0 Å². The molecular weight excluding hydrogens is 355 g/mol. The third kappa shape index (κ3) is 1.77. The molecule has 3 fully saturated rings. The molecule has 0 bridgehead atoms. The van der Waals surface area contributed by atoms with Crippen molar-refractivity contribution in [2.75, 3.05) is 0 Å². The molecule has 1 heteroatoms. The average Bonchev–Trinajstić information content (AvgIpc) is 2.74. The van der Waals surface area contributed by atoms with Gasteiger partial charge in [0.15, 0.2) is 0 Å². The van der Waals surface area contributed by atoms with Gasteiger partial charge in [-0.2, -0.15) is 0 Å². The van der Waals surface area contributed by atoms with E-state index >= 15 is 0 Å². The molecule has 0 nitrogen and oxygen atoms in total. The van der Waals surface area contributed by atoms with Crippen LogP contribution < -0.4 is 0 Å². The van der Waals surface area contributed by atoms with E-state index in [1.54, 1.807) is 16.4 Å². The zero-order chi connectivity index (χ0) is 14.0. The van der Waals surface area contributed by atoms with E-state index in [4.69, 9.17) is 0 Å². The first-order valence-corrected chi connectivity index (χ1v) is 10.00. The summed E-state index contributed by atoms with van der Waals surface area (Å²) < 4.78 is 1.69. The Morgan fingerprint density at radius 1 is 1.00 bits per heavy atom. The number of hydrogen-bond donors (Lipinski definition) is 0. The van der Waals surface area contributed by atoms with E-state index in [2.05, 4.69) is 42.5 Å². The van der Waals surface area contributed by atoms with Crippen LogP contribution in [0.3, 0.4) is 0 Å². The molecule has 4 aliphatic carbocycles. The van der Waals surface area contributed by atoms with E-state index in [0.717, 1.165) is 23.7 Å². The van der Waals surface area contributed by atoms with Gasteiger partial charge < -0.3 is 0 Å². The number of rotatable bonds is 0. The highest BCUT2D eigenvalue weighted by Gasteiger charge is 2.57. The third-order valence-electron chi connectivity index (χ3n) is 8.07. The Hall–Kier alpha value is 0.470. The van der Waals surface area contributed by atoms with Gasteiger partial charge in [-0.1, -0.05) is 32.8 Å². The van der Waals surface area contributed by atoms with Gasteiger partial charge in [-0.3, -0.25) is 0 Å². The Labute approximate surface area is 138 Å².